The van der Waals surface area contributed by atoms with E-state index < -0.39 is 0 Å². The highest BCUT2D eigenvalue weighted by Gasteiger charge is 2.15. The van der Waals surface area contributed by atoms with Crippen molar-refractivity contribution in [3.05, 3.63) is 35.1 Å². The van der Waals surface area contributed by atoms with E-state index >= 15 is 0 Å². The van der Waals surface area contributed by atoms with Crippen LogP contribution in [0.1, 0.15) is 30.7 Å². The lowest BCUT2D eigenvalue weighted by atomic mass is 10.0. The quantitative estimate of drug-likeness (QED) is 0.837. The van der Waals surface area contributed by atoms with Crippen LogP contribution in [0, 0.1) is 13.8 Å². The van der Waals surface area contributed by atoms with E-state index in [2.05, 4.69) is 10.3 Å². The first-order valence-electron chi connectivity index (χ1n) is 8.33. The third-order valence-corrected chi connectivity index (χ3v) is 5.06. The molecule has 0 saturated heterocycles. The molecular weight excluding hydrogens is 336 g/mol. The maximum atomic E-state index is 12.2. The van der Waals surface area contributed by atoms with Gasteiger partial charge in [0.2, 0.25) is 5.91 Å². The average molecular weight is 358 g/mol. The van der Waals surface area contributed by atoms with Crippen molar-refractivity contribution in [3.63, 3.8) is 0 Å². The Morgan fingerprint density at radius 1 is 1.44 bits per heavy atom. The zero-order chi connectivity index (χ0) is 18.0. The van der Waals surface area contributed by atoms with Gasteiger partial charge in [-0.05, 0) is 44.9 Å². The lowest BCUT2D eigenvalue weighted by Crippen LogP contribution is -2.25. The van der Waals surface area contributed by atoms with Crippen LogP contribution < -0.4 is 10.1 Å². The minimum absolute atomic E-state index is 0.173. The van der Waals surface area contributed by atoms with Gasteiger partial charge in [0, 0.05) is 28.8 Å². The van der Waals surface area contributed by atoms with Crippen molar-refractivity contribution in [1.29, 1.82) is 0 Å². The molecule has 1 N–H and O–H groups in total. The summed E-state index contributed by atoms with van der Waals surface area (Å²) in [6.07, 6.45) is 1.59. The van der Waals surface area contributed by atoms with Crippen LogP contribution in [0.15, 0.2) is 27.6 Å². The molecule has 1 aromatic heterocycles. The van der Waals surface area contributed by atoms with Crippen LogP contribution in [-0.2, 0) is 4.79 Å². The summed E-state index contributed by atoms with van der Waals surface area (Å²) >= 11 is 1.56. The molecule has 0 spiro atoms. The molecule has 0 aliphatic carbocycles. The normalized spacial score (nSPS) is 14.7. The Kier molecular flexibility index (Phi) is 5.18. The molecule has 132 valence electrons. The maximum absolute atomic E-state index is 12.2. The predicted molar refractivity (Wildman–Crippen MR) is 103 cm³/mol. The highest BCUT2D eigenvalue weighted by atomic mass is 32.2. The predicted octanol–water partition coefficient (Wildman–Crippen LogP) is 4.07. The first kappa shape index (κ1) is 17.6. The molecule has 6 heteroatoms. The molecule has 0 atom stereocenters. The number of amides is 1. The van der Waals surface area contributed by atoms with E-state index in [4.69, 9.17) is 9.15 Å². The van der Waals surface area contributed by atoms with Gasteiger partial charge in [0.1, 0.15) is 17.1 Å². The number of carbonyl (C=O) groups is 1. The Bertz CT molecular complexity index is 880. The number of carbonyl (C=O) groups excluding carboxylic acids is 1. The molecule has 1 aliphatic rings. The summed E-state index contributed by atoms with van der Waals surface area (Å²) in [5, 5.41) is 4.55. The zero-order valence-electron chi connectivity index (χ0n) is 14.9. The van der Waals surface area contributed by atoms with Crippen LogP contribution in [0.5, 0.6) is 5.75 Å². The topological polar surface area (TPSA) is 63.8 Å². The molecule has 0 unspecified atom stereocenters. The van der Waals surface area contributed by atoms with Crippen LogP contribution in [0.3, 0.4) is 0 Å². The molecular formula is C19H22N2O3S. The summed E-state index contributed by atoms with van der Waals surface area (Å²) in [5.74, 6) is 2.36. The summed E-state index contributed by atoms with van der Waals surface area (Å²) in [6, 6.07) is 3.94. The second kappa shape index (κ2) is 7.35. The molecule has 0 saturated carbocycles. The van der Waals surface area contributed by atoms with E-state index in [0.717, 1.165) is 51.5 Å². The van der Waals surface area contributed by atoms with Gasteiger partial charge >= 0.3 is 0 Å². The highest BCUT2D eigenvalue weighted by molar-refractivity contribution is 8.14. The molecule has 5 nitrogen and oxygen atoms in total. The third kappa shape index (κ3) is 3.74. The number of allylic oxidation sites excluding steroid dienone is 1. The van der Waals surface area contributed by atoms with Gasteiger partial charge in [-0.1, -0.05) is 11.8 Å². The fraction of sp³-hybridized carbons (Fsp3) is 0.368. The number of hydrogen-bond donors (Lipinski definition) is 1. The molecule has 0 radical (unpaired) electrons. The van der Waals surface area contributed by atoms with Gasteiger partial charge in [-0.15, -0.1) is 0 Å². The molecule has 1 aromatic carbocycles. The van der Waals surface area contributed by atoms with Crippen molar-refractivity contribution >= 4 is 39.4 Å². The third-order valence-electron chi connectivity index (χ3n) is 4.16. The van der Waals surface area contributed by atoms with Crippen molar-refractivity contribution in [2.24, 2.45) is 4.99 Å². The number of aryl methyl sites for hydroxylation is 2. The summed E-state index contributed by atoms with van der Waals surface area (Å²) in [5.41, 5.74) is 3.64. The fourth-order valence-electron chi connectivity index (χ4n) is 2.78. The van der Waals surface area contributed by atoms with Crippen molar-refractivity contribution in [1.82, 2.24) is 5.32 Å². The van der Waals surface area contributed by atoms with Crippen molar-refractivity contribution < 1.29 is 13.9 Å². The van der Waals surface area contributed by atoms with Gasteiger partial charge in [-0.25, -0.2) is 0 Å². The SMILES string of the molecule is CCOc1cc2oc(C)c(C)c2cc1/C(C)=C/C(=O)NC1=NCCS1. The minimum atomic E-state index is -0.173. The van der Waals surface area contributed by atoms with E-state index in [9.17, 15) is 4.79 Å². The lowest BCUT2D eigenvalue weighted by Gasteiger charge is -2.11. The standard InChI is InChI=1S/C19H22N2O3S/c1-5-23-16-10-17-15(12(3)13(4)24-17)9-14(16)11(2)8-18(22)21-19-20-6-7-25-19/h8-10H,5-7H2,1-4H3,(H,20,21,22)/b11-8+. The smallest absolute Gasteiger partial charge is 0.250 e. The van der Waals surface area contributed by atoms with E-state index in [-0.39, 0.29) is 5.91 Å². The number of furan rings is 1. The minimum Gasteiger partial charge on any atom is -0.493 e. The number of rotatable bonds is 4. The number of benzene rings is 1. The van der Waals surface area contributed by atoms with Crippen molar-refractivity contribution in [2.75, 3.05) is 18.9 Å². The second-order valence-corrected chi connectivity index (χ2v) is 7.00. The number of nitrogens with zero attached hydrogens (tertiary/aromatic N) is 1. The molecule has 2 aromatic rings. The molecule has 0 fully saturated rings. The molecule has 1 amide bonds. The molecule has 3 rings (SSSR count). The Balaban J connectivity index is 1.96. The van der Waals surface area contributed by atoms with E-state index in [1.807, 2.05) is 39.8 Å². The Morgan fingerprint density at radius 2 is 2.24 bits per heavy atom. The summed E-state index contributed by atoms with van der Waals surface area (Å²) in [6.45, 7) is 9.14. The molecule has 1 aliphatic heterocycles. The Morgan fingerprint density at radius 3 is 2.92 bits per heavy atom. The summed E-state index contributed by atoms with van der Waals surface area (Å²) < 4.78 is 11.6. The monoisotopic (exact) mass is 358 g/mol. The highest BCUT2D eigenvalue weighted by Crippen LogP contribution is 2.35. The Hall–Kier alpha value is -2.21. The number of hydrogen-bond acceptors (Lipinski definition) is 5. The summed E-state index contributed by atoms with van der Waals surface area (Å²) in [7, 11) is 0. The van der Waals surface area contributed by atoms with Crippen LogP contribution in [0.2, 0.25) is 0 Å². The van der Waals surface area contributed by atoms with E-state index in [1.54, 1.807) is 17.8 Å². The lowest BCUT2D eigenvalue weighted by molar-refractivity contribution is -0.115. The molecule has 0 bridgehead atoms. The number of amidine groups is 1. The number of nitrogens with one attached hydrogen (secondary N) is 1. The molecule has 2 heterocycles. The summed E-state index contributed by atoms with van der Waals surface area (Å²) in [4.78, 5) is 16.5. The van der Waals surface area contributed by atoms with Crippen molar-refractivity contribution in [2.45, 2.75) is 27.7 Å². The van der Waals surface area contributed by atoms with Gasteiger partial charge < -0.3 is 14.5 Å². The largest absolute Gasteiger partial charge is 0.493 e. The van der Waals surface area contributed by atoms with Gasteiger partial charge in [-0.2, -0.15) is 0 Å². The zero-order valence-corrected chi connectivity index (χ0v) is 15.8. The van der Waals surface area contributed by atoms with Crippen LogP contribution >= 0.6 is 11.8 Å². The van der Waals surface area contributed by atoms with Gasteiger partial charge in [0.05, 0.1) is 13.2 Å². The first-order chi connectivity index (χ1) is 12.0. The van der Waals surface area contributed by atoms with Gasteiger partial charge in [0.15, 0.2) is 5.17 Å². The van der Waals surface area contributed by atoms with Crippen molar-refractivity contribution in [3.8, 4) is 5.75 Å². The number of fused-ring (bicyclic) bond motifs is 1. The number of thioether (sulfide) groups is 1. The van der Waals surface area contributed by atoms with Crippen LogP contribution in [-0.4, -0.2) is 30.0 Å². The first-order valence-corrected chi connectivity index (χ1v) is 9.31. The van der Waals surface area contributed by atoms with Gasteiger partial charge in [0.25, 0.3) is 0 Å². The van der Waals surface area contributed by atoms with Gasteiger partial charge in [-0.3, -0.25) is 9.79 Å². The molecule has 25 heavy (non-hydrogen) atoms. The average Bonchev–Trinajstić information content (AvgIpc) is 3.16. The second-order valence-electron chi connectivity index (χ2n) is 5.91. The van der Waals surface area contributed by atoms with Crippen LogP contribution in [0.4, 0.5) is 0 Å². The number of aliphatic imine (C=N–C) groups is 1. The fourth-order valence-corrected chi connectivity index (χ4v) is 3.51. The maximum Gasteiger partial charge on any atom is 0.250 e. The van der Waals surface area contributed by atoms with E-state index in [1.165, 1.54) is 0 Å². The van der Waals surface area contributed by atoms with Crippen LogP contribution in [0.25, 0.3) is 16.5 Å². The Labute approximate surface area is 151 Å². The van der Waals surface area contributed by atoms with E-state index in [0.29, 0.717) is 11.8 Å². The number of ether oxygens (including phenoxy) is 1.